The molecule has 78 valence electrons. The molecule has 1 rings (SSSR count). The molecule has 4 heteroatoms. The van der Waals surface area contributed by atoms with Crippen molar-refractivity contribution in [3.8, 4) is 0 Å². The van der Waals surface area contributed by atoms with Crippen LogP contribution < -0.4 is 16.8 Å². The molecule has 0 amide bonds. The van der Waals surface area contributed by atoms with E-state index in [4.69, 9.17) is 16.6 Å². The van der Waals surface area contributed by atoms with Gasteiger partial charge in [0.2, 0.25) is 0 Å². The Morgan fingerprint density at radius 3 is 2.64 bits per heavy atom. The summed E-state index contributed by atoms with van der Waals surface area (Å²) in [5, 5.41) is 12.0. The minimum atomic E-state index is 0.178. The second kappa shape index (κ2) is 4.72. The number of hydrogen-bond acceptors (Lipinski definition) is 4. The van der Waals surface area contributed by atoms with Gasteiger partial charge in [0.15, 0.2) is 0 Å². The van der Waals surface area contributed by atoms with Crippen LogP contribution in [0.15, 0.2) is 18.2 Å². The standard InChI is InChI=1S/C10H17N3O/c1-7(6-14)5-13-8-2-3-9(11)10(12)4-8/h2-4,7,13-14H,5-6,11-12H2,1H3. The lowest BCUT2D eigenvalue weighted by Gasteiger charge is -2.11. The predicted molar refractivity (Wildman–Crippen MR) is 60.0 cm³/mol. The maximum absolute atomic E-state index is 8.83. The van der Waals surface area contributed by atoms with Gasteiger partial charge in [-0.2, -0.15) is 0 Å². The van der Waals surface area contributed by atoms with Gasteiger partial charge in [-0.3, -0.25) is 0 Å². The molecule has 1 aromatic carbocycles. The Bertz CT molecular complexity index is 301. The van der Waals surface area contributed by atoms with Crippen LogP contribution in [-0.2, 0) is 0 Å². The summed E-state index contributed by atoms with van der Waals surface area (Å²) < 4.78 is 0. The van der Waals surface area contributed by atoms with Crippen molar-refractivity contribution in [2.45, 2.75) is 6.92 Å². The van der Waals surface area contributed by atoms with Crippen LogP contribution in [0.3, 0.4) is 0 Å². The molecule has 0 saturated heterocycles. The number of nitrogens with one attached hydrogen (secondary N) is 1. The van der Waals surface area contributed by atoms with Crippen LogP contribution in [0.4, 0.5) is 17.1 Å². The second-order valence-corrected chi connectivity index (χ2v) is 3.51. The SMILES string of the molecule is CC(CO)CNc1ccc(N)c(N)c1. The van der Waals surface area contributed by atoms with Gasteiger partial charge in [0.1, 0.15) is 0 Å². The average Bonchev–Trinajstić information content (AvgIpc) is 2.19. The lowest BCUT2D eigenvalue weighted by atomic mass is 10.2. The van der Waals surface area contributed by atoms with Gasteiger partial charge in [-0.15, -0.1) is 0 Å². The van der Waals surface area contributed by atoms with Crippen LogP contribution in [0.2, 0.25) is 0 Å². The highest BCUT2D eigenvalue weighted by molar-refractivity contribution is 5.69. The van der Waals surface area contributed by atoms with Gasteiger partial charge in [0.05, 0.1) is 11.4 Å². The molecule has 14 heavy (non-hydrogen) atoms. The van der Waals surface area contributed by atoms with Gasteiger partial charge in [0.25, 0.3) is 0 Å². The zero-order valence-corrected chi connectivity index (χ0v) is 8.33. The Kier molecular flexibility index (Phi) is 3.59. The van der Waals surface area contributed by atoms with Crippen LogP contribution in [0.5, 0.6) is 0 Å². The lowest BCUT2D eigenvalue weighted by Crippen LogP contribution is -2.14. The largest absolute Gasteiger partial charge is 0.397 e. The minimum Gasteiger partial charge on any atom is -0.397 e. The molecule has 4 nitrogen and oxygen atoms in total. The molecule has 6 N–H and O–H groups in total. The fourth-order valence-corrected chi connectivity index (χ4v) is 1.04. The molecule has 0 aliphatic rings. The van der Waals surface area contributed by atoms with Gasteiger partial charge in [-0.05, 0) is 24.1 Å². The molecule has 1 unspecified atom stereocenters. The molecule has 0 aliphatic carbocycles. The topological polar surface area (TPSA) is 84.3 Å². The Balaban J connectivity index is 2.55. The molecule has 0 aromatic heterocycles. The van der Waals surface area contributed by atoms with E-state index in [1.54, 1.807) is 12.1 Å². The van der Waals surface area contributed by atoms with Crippen molar-refractivity contribution in [3.63, 3.8) is 0 Å². The molecule has 1 atom stereocenters. The first kappa shape index (κ1) is 10.7. The summed E-state index contributed by atoms with van der Waals surface area (Å²) in [6, 6.07) is 5.43. The fourth-order valence-electron chi connectivity index (χ4n) is 1.04. The van der Waals surface area contributed by atoms with Crippen molar-refractivity contribution in [1.29, 1.82) is 0 Å². The molecule has 0 radical (unpaired) electrons. The molecule has 0 aliphatic heterocycles. The monoisotopic (exact) mass is 195 g/mol. The Hall–Kier alpha value is -1.42. The molecule has 0 heterocycles. The van der Waals surface area contributed by atoms with Crippen molar-refractivity contribution >= 4 is 17.1 Å². The lowest BCUT2D eigenvalue weighted by molar-refractivity contribution is 0.244. The molecule has 0 spiro atoms. The van der Waals surface area contributed by atoms with Crippen LogP contribution in [0, 0.1) is 5.92 Å². The highest BCUT2D eigenvalue weighted by atomic mass is 16.3. The molecule has 0 fully saturated rings. The number of anilines is 3. The maximum atomic E-state index is 8.83. The van der Waals surface area contributed by atoms with Crippen molar-refractivity contribution in [1.82, 2.24) is 0 Å². The number of nitrogens with two attached hydrogens (primary N) is 2. The maximum Gasteiger partial charge on any atom is 0.0568 e. The van der Waals surface area contributed by atoms with Crippen LogP contribution >= 0.6 is 0 Å². The van der Waals surface area contributed by atoms with Gasteiger partial charge < -0.3 is 21.9 Å². The fraction of sp³-hybridized carbons (Fsp3) is 0.400. The summed E-state index contributed by atoms with van der Waals surface area (Å²) in [6.45, 7) is 2.87. The summed E-state index contributed by atoms with van der Waals surface area (Å²) in [5.41, 5.74) is 13.3. The third-order valence-corrected chi connectivity index (χ3v) is 2.05. The van der Waals surface area contributed by atoms with Crippen LogP contribution in [0.1, 0.15) is 6.92 Å². The first-order valence-electron chi connectivity index (χ1n) is 4.63. The Labute approximate surface area is 83.9 Å². The number of nitrogen functional groups attached to an aromatic ring is 2. The average molecular weight is 195 g/mol. The van der Waals surface area contributed by atoms with Gasteiger partial charge >= 0.3 is 0 Å². The zero-order valence-electron chi connectivity index (χ0n) is 8.33. The van der Waals surface area contributed by atoms with Gasteiger partial charge in [-0.25, -0.2) is 0 Å². The summed E-state index contributed by atoms with van der Waals surface area (Å²) >= 11 is 0. The molecular formula is C10H17N3O. The van der Waals surface area contributed by atoms with E-state index in [9.17, 15) is 0 Å². The summed E-state index contributed by atoms with van der Waals surface area (Å²) in [6.07, 6.45) is 0. The third kappa shape index (κ3) is 2.81. The number of aliphatic hydroxyl groups is 1. The van der Waals surface area contributed by atoms with E-state index in [0.29, 0.717) is 11.4 Å². The summed E-state index contributed by atoms with van der Waals surface area (Å²) in [4.78, 5) is 0. The summed E-state index contributed by atoms with van der Waals surface area (Å²) in [5.74, 6) is 0.230. The molecule has 0 bridgehead atoms. The first-order valence-corrected chi connectivity index (χ1v) is 4.63. The molecular weight excluding hydrogens is 178 g/mol. The smallest absolute Gasteiger partial charge is 0.0568 e. The predicted octanol–water partition coefficient (Wildman–Crippen LogP) is 0.891. The van der Waals surface area contributed by atoms with Crippen molar-refractivity contribution in [3.05, 3.63) is 18.2 Å². The van der Waals surface area contributed by atoms with E-state index >= 15 is 0 Å². The molecule has 1 aromatic rings. The minimum absolute atomic E-state index is 0.178. The molecule has 0 saturated carbocycles. The van der Waals surface area contributed by atoms with E-state index in [1.807, 2.05) is 13.0 Å². The van der Waals surface area contributed by atoms with Crippen LogP contribution in [0.25, 0.3) is 0 Å². The van der Waals surface area contributed by atoms with Crippen molar-refractivity contribution < 1.29 is 5.11 Å². The highest BCUT2D eigenvalue weighted by Gasteiger charge is 2.00. The van der Waals surface area contributed by atoms with E-state index in [2.05, 4.69) is 5.32 Å². The van der Waals surface area contributed by atoms with E-state index < -0.39 is 0 Å². The quantitative estimate of drug-likeness (QED) is 0.538. The number of aliphatic hydroxyl groups excluding tert-OH is 1. The summed E-state index contributed by atoms with van der Waals surface area (Å²) in [7, 11) is 0. The first-order chi connectivity index (χ1) is 6.63. The Morgan fingerprint density at radius 2 is 2.07 bits per heavy atom. The van der Waals surface area contributed by atoms with E-state index in [0.717, 1.165) is 12.2 Å². The van der Waals surface area contributed by atoms with E-state index in [-0.39, 0.29) is 12.5 Å². The van der Waals surface area contributed by atoms with Crippen molar-refractivity contribution in [2.75, 3.05) is 29.9 Å². The third-order valence-electron chi connectivity index (χ3n) is 2.05. The number of rotatable bonds is 4. The van der Waals surface area contributed by atoms with Gasteiger partial charge in [0, 0.05) is 18.8 Å². The number of hydrogen-bond donors (Lipinski definition) is 4. The normalized spacial score (nSPS) is 12.4. The Morgan fingerprint density at radius 1 is 1.36 bits per heavy atom. The second-order valence-electron chi connectivity index (χ2n) is 3.51. The van der Waals surface area contributed by atoms with Gasteiger partial charge in [-0.1, -0.05) is 6.92 Å². The number of benzene rings is 1. The zero-order chi connectivity index (χ0) is 10.6. The van der Waals surface area contributed by atoms with Crippen LogP contribution in [-0.4, -0.2) is 18.3 Å². The van der Waals surface area contributed by atoms with E-state index in [1.165, 1.54) is 0 Å². The highest BCUT2D eigenvalue weighted by Crippen LogP contribution is 2.19. The van der Waals surface area contributed by atoms with Crippen molar-refractivity contribution in [2.24, 2.45) is 5.92 Å².